The Balaban J connectivity index is 1.85. The zero-order valence-corrected chi connectivity index (χ0v) is 18.9. The lowest BCUT2D eigenvalue weighted by molar-refractivity contribution is -0.138. The van der Waals surface area contributed by atoms with Crippen molar-refractivity contribution in [2.45, 2.75) is 52.6 Å². The van der Waals surface area contributed by atoms with Crippen LogP contribution in [0.4, 0.5) is 0 Å². The number of rotatable bonds is 7. The average Bonchev–Trinajstić information content (AvgIpc) is 3.33. The Morgan fingerprint density at radius 1 is 1.27 bits per heavy atom. The van der Waals surface area contributed by atoms with E-state index in [1.54, 1.807) is 25.2 Å². The molecule has 0 bridgehead atoms. The molecule has 0 aliphatic carbocycles. The predicted octanol–water partition coefficient (Wildman–Crippen LogP) is 3.19. The van der Waals surface area contributed by atoms with E-state index in [9.17, 15) is 9.59 Å². The van der Waals surface area contributed by atoms with Crippen LogP contribution in [0.3, 0.4) is 0 Å². The number of amides is 1. The number of carbonyl (C=O) groups excluding carboxylic acids is 2. The van der Waals surface area contributed by atoms with Crippen LogP contribution in [0.15, 0.2) is 36.2 Å². The number of ketones is 1. The normalized spacial score (nSPS) is 18.4. The molecule has 1 amide bonds. The Kier molecular flexibility index (Phi) is 6.77. The fourth-order valence-electron chi connectivity index (χ4n) is 3.88. The summed E-state index contributed by atoms with van der Waals surface area (Å²) < 4.78 is 1.12. The molecular formula is C22H31N5O2S. The number of Topliss-reactive ketones (excluding diaryl/α,β-unsaturated/α-hetero) is 1. The summed E-state index contributed by atoms with van der Waals surface area (Å²) in [7, 11) is 0. The Labute approximate surface area is 181 Å². The van der Waals surface area contributed by atoms with E-state index in [0.717, 1.165) is 28.1 Å². The smallest absolute Gasteiger partial charge is 0.247 e. The largest absolute Gasteiger partial charge is 0.395 e. The first-order valence-corrected chi connectivity index (χ1v) is 11.2. The van der Waals surface area contributed by atoms with Crippen LogP contribution in [0.1, 0.15) is 51.6 Å². The van der Waals surface area contributed by atoms with Crippen molar-refractivity contribution in [3.63, 3.8) is 0 Å². The molecule has 30 heavy (non-hydrogen) atoms. The lowest BCUT2D eigenvalue weighted by Crippen LogP contribution is -2.52. The quantitative estimate of drug-likeness (QED) is 0.398. The number of aromatic nitrogens is 1. The second-order valence-corrected chi connectivity index (χ2v) is 9.51. The molecule has 4 N–H and O–H groups in total. The molecule has 0 spiro atoms. The number of fused-ring (bicyclic) bond motifs is 1. The number of hydrogen-bond donors (Lipinski definition) is 2. The summed E-state index contributed by atoms with van der Waals surface area (Å²) in [6.07, 6.45) is 3.20. The predicted molar refractivity (Wildman–Crippen MR) is 120 cm³/mol. The van der Waals surface area contributed by atoms with Crippen LogP contribution < -0.4 is 11.6 Å². The van der Waals surface area contributed by atoms with Crippen molar-refractivity contribution in [1.29, 1.82) is 0 Å². The maximum Gasteiger partial charge on any atom is 0.247 e. The van der Waals surface area contributed by atoms with Gasteiger partial charge in [-0.2, -0.15) is 0 Å². The van der Waals surface area contributed by atoms with Gasteiger partial charge in [-0.1, -0.05) is 39.8 Å². The Morgan fingerprint density at radius 2 is 1.97 bits per heavy atom. The van der Waals surface area contributed by atoms with E-state index in [2.05, 4.69) is 6.07 Å². The maximum absolute atomic E-state index is 13.5. The minimum Gasteiger partial charge on any atom is -0.395 e. The van der Waals surface area contributed by atoms with Gasteiger partial charge in [0.25, 0.3) is 0 Å². The highest BCUT2D eigenvalue weighted by atomic mass is 32.1. The number of nitrogens with two attached hydrogens (primary N) is 2. The van der Waals surface area contributed by atoms with Gasteiger partial charge in [-0.15, -0.1) is 11.3 Å². The number of hydrazine groups is 1. The number of allylic oxidation sites excluding steroid dienone is 1. The number of nitrogens with zero attached hydrogens (tertiary/aromatic N) is 3. The number of para-hydroxylation sites is 1. The Bertz CT molecular complexity index is 919. The van der Waals surface area contributed by atoms with Crippen molar-refractivity contribution in [3.05, 3.63) is 41.2 Å². The fourth-order valence-corrected chi connectivity index (χ4v) is 5.00. The van der Waals surface area contributed by atoms with E-state index >= 15 is 0 Å². The van der Waals surface area contributed by atoms with E-state index < -0.39 is 6.04 Å². The molecule has 2 atom stereocenters. The zero-order valence-electron chi connectivity index (χ0n) is 18.0. The van der Waals surface area contributed by atoms with E-state index in [1.165, 1.54) is 11.2 Å². The van der Waals surface area contributed by atoms with Gasteiger partial charge in [-0.3, -0.25) is 9.59 Å². The summed E-state index contributed by atoms with van der Waals surface area (Å²) >= 11 is 1.64. The third kappa shape index (κ3) is 4.49. The SMILES string of the molecule is CC(C)C(=O)/C(N)=C/N(N)C(C(=O)N1CCCC1c1nc2ccccc2s1)C(C)C. The molecule has 8 heteroatoms. The first-order chi connectivity index (χ1) is 14.2. The van der Waals surface area contributed by atoms with Crippen molar-refractivity contribution in [3.8, 4) is 0 Å². The molecule has 1 saturated heterocycles. The molecule has 162 valence electrons. The summed E-state index contributed by atoms with van der Waals surface area (Å²) in [5.74, 6) is 5.70. The first-order valence-electron chi connectivity index (χ1n) is 10.4. The third-order valence-electron chi connectivity index (χ3n) is 5.43. The molecule has 1 aliphatic rings. The van der Waals surface area contributed by atoms with Crippen LogP contribution in [-0.4, -0.2) is 39.2 Å². The summed E-state index contributed by atoms with van der Waals surface area (Å²) in [6, 6.07) is 7.35. The van der Waals surface area contributed by atoms with Crippen molar-refractivity contribution in [1.82, 2.24) is 14.9 Å². The molecule has 3 rings (SSSR count). The van der Waals surface area contributed by atoms with Gasteiger partial charge in [0.15, 0.2) is 5.78 Å². The molecule has 1 aliphatic heterocycles. The van der Waals surface area contributed by atoms with Crippen LogP contribution in [0.2, 0.25) is 0 Å². The molecule has 2 unspecified atom stereocenters. The molecule has 1 aromatic carbocycles. The number of likely N-dealkylation sites (tertiary alicyclic amines) is 1. The summed E-state index contributed by atoms with van der Waals surface area (Å²) in [5.41, 5.74) is 6.95. The lowest BCUT2D eigenvalue weighted by Gasteiger charge is -2.34. The molecule has 1 aromatic heterocycles. The van der Waals surface area contributed by atoms with E-state index in [0.29, 0.717) is 6.54 Å². The zero-order chi connectivity index (χ0) is 22.0. The van der Waals surface area contributed by atoms with Crippen LogP contribution in [-0.2, 0) is 9.59 Å². The highest BCUT2D eigenvalue weighted by molar-refractivity contribution is 7.18. The van der Waals surface area contributed by atoms with Crippen molar-refractivity contribution in [2.75, 3.05) is 6.54 Å². The monoisotopic (exact) mass is 429 g/mol. The number of benzene rings is 1. The van der Waals surface area contributed by atoms with Gasteiger partial charge in [-0.25, -0.2) is 10.8 Å². The summed E-state index contributed by atoms with van der Waals surface area (Å²) in [4.78, 5) is 32.3. The summed E-state index contributed by atoms with van der Waals surface area (Å²) in [6.45, 7) is 8.11. The topological polar surface area (TPSA) is 106 Å². The van der Waals surface area contributed by atoms with Crippen molar-refractivity contribution >= 4 is 33.2 Å². The van der Waals surface area contributed by atoms with E-state index in [4.69, 9.17) is 16.6 Å². The molecule has 7 nitrogen and oxygen atoms in total. The molecule has 1 fully saturated rings. The third-order valence-corrected chi connectivity index (χ3v) is 6.57. The van der Waals surface area contributed by atoms with Crippen molar-refractivity contribution < 1.29 is 9.59 Å². The number of carbonyl (C=O) groups is 2. The molecule has 2 heterocycles. The van der Waals surface area contributed by atoms with E-state index in [-0.39, 0.29) is 35.3 Å². The lowest BCUT2D eigenvalue weighted by atomic mass is 10.0. The van der Waals surface area contributed by atoms with Crippen LogP contribution >= 0.6 is 11.3 Å². The van der Waals surface area contributed by atoms with E-state index in [1.807, 2.05) is 36.9 Å². The fraction of sp³-hybridized carbons (Fsp3) is 0.500. The number of hydrogen-bond acceptors (Lipinski definition) is 7. The van der Waals surface area contributed by atoms with Gasteiger partial charge in [0.1, 0.15) is 11.0 Å². The molecule has 2 aromatic rings. The van der Waals surface area contributed by atoms with Crippen LogP contribution in [0, 0.1) is 11.8 Å². The van der Waals surface area contributed by atoms with Gasteiger partial charge in [-0.05, 0) is 30.9 Å². The number of thiazole rings is 1. The minimum absolute atomic E-state index is 0.0526. The van der Waals surface area contributed by atoms with Gasteiger partial charge >= 0.3 is 0 Å². The summed E-state index contributed by atoms with van der Waals surface area (Å²) in [5, 5.41) is 2.26. The second-order valence-electron chi connectivity index (χ2n) is 8.45. The van der Waals surface area contributed by atoms with Crippen LogP contribution in [0.25, 0.3) is 10.2 Å². The second kappa shape index (κ2) is 9.14. The van der Waals surface area contributed by atoms with Crippen LogP contribution in [0.5, 0.6) is 0 Å². The Morgan fingerprint density at radius 3 is 2.60 bits per heavy atom. The molecule has 0 radical (unpaired) electrons. The maximum atomic E-state index is 13.5. The minimum atomic E-state index is -0.613. The van der Waals surface area contributed by atoms with Crippen molar-refractivity contribution in [2.24, 2.45) is 23.4 Å². The highest BCUT2D eigenvalue weighted by Crippen LogP contribution is 2.37. The molecular weight excluding hydrogens is 398 g/mol. The van der Waals surface area contributed by atoms with Gasteiger partial charge in [0.05, 0.1) is 22.0 Å². The molecule has 0 saturated carbocycles. The van der Waals surface area contributed by atoms with Gasteiger partial charge < -0.3 is 15.6 Å². The standard InChI is InChI=1S/C22H31N5O2S/c1-13(2)19(27(24)12-15(23)20(28)14(3)4)22(29)26-11-7-9-17(26)21-25-16-8-5-6-10-18(16)30-21/h5-6,8,10,12-14,17,19H,7,9,11,23-24H2,1-4H3/b15-12-. The van der Waals surface area contributed by atoms with Gasteiger partial charge in [0.2, 0.25) is 5.91 Å². The highest BCUT2D eigenvalue weighted by Gasteiger charge is 2.38. The first kappa shape index (κ1) is 22.2. The average molecular weight is 430 g/mol. The van der Waals surface area contributed by atoms with Gasteiger partial charge in [0, 0.05) is 18.7 Å². The Hall–Kier alpha value is -2.45.